The molecule has 266 valence electrons. The average Bonchev–Trinajstić information content (AvgIpc) is 3.47. The van der Waals surface area contributed by atoms with E-state index in [2.05, 4.69) is 15.6 Å². The van der Waals surface area contributed by atoms with Gasteiger partial charge in [0.1, 0.15) is 5.60 Å². The van der Waals surface area contributed by atoms with Crippen LogP contribution in [-0.4, -0.2) is 65.8 Å². The fraction of sp³-hybridized carbons (Fsp3) is 0.333. The summed E-state index contributed by atoms with van der Waals surface area (Å²) in [6.45, 7) is -0.00542. The van der Waals surface area contributed by atoms with Crippen LogP contribution in [0.3, 0.4) is 0 Å². The van der Waals surface area contributed by atoms with Crippen LogP contribution < -0.4 is 10.8 Å². The molecular weight excluding hydrogens is 694 g/mol. The third-order valence-corrected chi connectivity index (χ3v) is 9.99. The summed E-state index contributed by atoms with van der Waals surface area (Å²) in [4.78, 5) is 18.2. The molecule has 4 N–H and O–H groups in total. The van der Waals surface area contributed by atoms with Gasteiger partial charge in [0.05, 0.1) is 29.1 Å². The van der Waals surface area contributed by atoms with Crippen molar-refractivity contribution in [2.24, 2.45) is 5.92 Å². The highest BCUT2D eigenvalue weighted by Gasteiger charge is 2.57. The van der Waals surface area contributed by atoms with Crippen molar-refractivity contribution in [2.45, 2.75) is 43.0 Å². The number of sulfonamides is 1. The molecule has 17 heteroatoms. The third kappa shape index (κ3) is 7.64. The van der Waals surface area contributed by atoms with E-state index in [4.69, 9.17) is 5.26 Å². The molecule has 0 aromatic heterocycles. The number of alkyl halides is 6. The lowest BCUT2D eigenvalue weighted by molar-refractivity contribution is -0.345. The normalized spacial score (nSPS) is 20.4. The molecule has 1 saturated heterocycles. The minimum Gasteiger partial charge on any atom is -0.379 e. The van der Waals surface area contributed by atoms with Crippen molar-refractivity contribution in [3.05, 3.63) is 95.1 Å². The van der Waals surface area contributed by atoms with Gasteiger partial charge in [0.15, 0.2) is 0 Å². The summed E-state index contributed by atoms with van der Waals surface area (Å²) >= 11 is 0. The number of rotatable bonds is 8. The number of nitriles is 1. The lowest BCUT2D eigenvalue weighted by Gasteiger charge is -2.40. The summed E-state index contributed by atoms with van der Waals surface area (Å²) in [5, 5.41) is 33.3. The number of nitrogens with one attached hydrogen (secondary N) is 2. The van der Waals surface area contributed by atoms with Gasteiger partial charge < -0.3 is 15.5 Å². The number of aliphatic hydroxyl groups is 2. The Bertz CT molecular complexity index is 1950. The van der Waals surface area contributed by atoms with Crippen LogP contribution in [0.15, 0.2) is 72.8 Å². The molecule has 0 bridgehead atoms. The second-order valence-electron chi connectivity index (χ2n) is 12.1. The molecule has 3 aromatic carbocycles. The van der Waals surface area contributed by atoms with Gasteiger partial charge in [-0.05, 0) is 59.2 Å². The number of amides is 1. The van der Waals surface area contributed by atoms with Gasteiger partial charge in [-0.25, -0.2) is 17.6 Å². The number of hydrogen-bond acceptors (Lipinski definition) is 8. The molecule has 0 spiro atoms. The van der Waals surface area contributed by atoms with E-state index in [9.17, 15) is 49.8 Å². The van der Waals surface area contributed by atoms with Crippen LogP contribution in [0.4, 0.5) is 32.0 Å². The Balaban J connectivity index is 1.43. The Morgan fingerprint density at radius 2 is 1.66 bits per heavy atom. The first kappa shape index (κ1) is 36.8. The van der Waals surface area contributed by atoms with Crippen molar-refractivity contribution in [1.82, 2.24) is 9.79 Å². The van der Waals surface area contributed by atoms with Crippen molar-refractivity contribution >= 4 is 27.3 Å². The van der Waals surface area contributed by atoms with Crippen LogP contribution in [0, 0.1) is 17.2 Å². The molecule has 2 aliphatic rings. The lowest BCUT2D eigenvalue weighted by Crippen LogP contribution is -2.54. The summed E-state index contributed by atoms with van der Waals surface area (Å²) in [6.07, 6.45) is -8.64. The smallest absolute Gasteiger partial charge is 0.379 e. The van der Waals surface area contributed by atoms with Gasteiger partial charge in [-0.15, -0.1) is 0 Å². The van der Waals surface area contributed by atoms with E-state index < -0.39 is 56.7 Å². The number of hydroxylamine groups is 1. The van der Waals surface area contributed by atoms with E-state index in [1.807, 2.05) is 0 Å². The Morgan fingerprint density at radius 1 is 1.02 bits per heavy atom. The Kier molecular flexibility index (Phi) is 9.82. The summed E-state index contributed by atoms with van der Waals surface area (Å²) in [7, 11) is -3.56. The first-order valence-corrected chi connectivity index (χ1v) is 16.8. The van der Waals surface area contributed by atoms with E-state index in [0.717, 1.165) is 18.4 Å². The molecule has 1 fully saturated rings. The monoisotopic (exact) mass is 724 g/mol. The maximum Gasteiger partial charge on any atom is 0.449 e. The molecule has 0 saturated carbocycles. The molecular formula is C33H30F6N4O6S. The number of carbonyl (C=O) groups excluding carboxylic acids is 1. The zero-order chi connectivity index (χ0) is 36.7. The molecule has 2 aliphatic heterocycles. The van der Waals surface area contributed by atoms with Crippen LogP contribution in [0.25, 0.3) is 16.8 Å². The predicted octanol–water partition coefficient (Wildman–Crippen LogP) is 4.95. The molecule has 0 aliphatic carbocycles. The van der Waals surface area contributed by atoms with Crippen molar-refractivity contribution in [1.29, 1.82) is 5.26 Å². The highest BCUT2D eigenvalue weighted by Crippen LogP contribution is 2.39. The van der Waals surface area contributed by atoms with E-state index in [-0.39, 0.29) is 49.3 Å². The summed E-state index contributed by atoms with van der Waals surface area (Å²) in [5.41, 5.74) is -0.631. The van der Waals surface area contributed by atoms with Crippen molar-refractivity contribution < 1.29 is 54.6 Å². The Labute approximate surface area is 282 Å². The van der Waals surface area contributed by atoms with Crippen LogP contribution in [0.2, 0.25) is 0 Å². The molecule has 0 radical (unpaired) electrons. The van der Waals surface area contributed by atoms with Crippen LogP contribution in [0.1, 0.15) is 35.1 Å². The van der Waals surface area contributed by atoms with Gasteiger partial charge >= 0.3 is 18.1 Å². The van der Waals surface area contributed by atoms with Gasteiger partial charge in [0.25, 0.3) is 5.91 Å². The Hall–Kier alpha value is -4.47. The molecule has 2 atom stereocenters. The van der Waals surface area contributed by atoms with Gasteiger partial charge in [-0.1, -0.05) is 48.5 Å². The maximum absolute atomic E-state index is 13.8. The number of carbonyl (C=O) groups is 1. The summed E-state index contributed by atoms with van der Waals surface area (Å²) < 4.78 is 106. The highest BCUT2D eigenvalue weighted by molar-refractivity contribution is 7.88. The van der Waals surface area contributed by atoms with Crippen LogP contribution in [0.5, 0.6) is 0 Å². The summed E-state index contributed by atoms with van der Waals surface area (Å²) in [6, 6.07) is 16.8. The number of piperidine rings is 1. The lowest BCUT2D eigenvalue weighted by atomic mass is 9.76. The number of nitrogens with zero attached hydrogens (tertiary/aromatic N) is 2. The fourth-order valence-electron chi connectivity index (χ4n) is 5.95. The Morgan fingerprint density at radius 3 is 2.22 bits per heavy atom. The van der Waals surface area contributed by atoms with Crippen molar-refractivity contribution in [2.75, 3.05) is 24.7 Å². The van der Waals surface area contributed by atoms with Gasteiger partial charge in [0.2, 0.25) is 10.0 Å². The van der Waals surface area contributed by atoms with E-state index in [1.54, 1.807) is 36.4 Å². The number of anilines is 1. The molecule has 10 nitrogen and oxygen atoms in total. The molecule has 3 aromatic rings. The topological polar surface area (TPSA) is 152 Å². The van der Waals surface area contributed by atoms with Crippen LogP contribution >= 0.6 is 0 Å². The highest BCUT2D eigenvalue weighted by atomic mass is 32.2. The molecule has 1 amide bonds. The van der Waals surface area contributed by atoms with Gasteiger partial charge in [-0.3, -0.25) is 10.3 Å². The van der Waals surface area contributed by atoms with E-state index >= 15 is 0 Å². The third-order valence-electron chi connectivity index (χ3n) is 8.69. The SMILES string of the molecule is CS(=O)(=O)N1CCC(C(O)(Cc2cccc(-c3ccc(C4=CC(O)(C(F)(F)F)ON4)cc3)c2)C(=O)Nc2ccc(C#N)c(C(F)(F)F)c2)CC1. The minimum absolute atomic E-state index is 0.00271. The number of halogens is 6. The van der Waals surface area contributed by atoms with Crippen molar-refractivity contribution in [3.8, 4) is 17.2 Å². The molecule has 50 heavy (non-hydrogen) atoms. The van der Waals surface area contributed by atoms with Crippen LogP contribution in [-0.2, 0) is 32.3 Å². The molecule has 2 unspecified atom stereocenters. The largest absolute Gasteiger partial charge is 0.449 e. The van der Waals surface area contributed by atoms with Gasteiger partial charge in [-0.2, -0.15) is 31.6 Å². The first-order chi connectivity index (χ1) is 23.2. The van der Waals surface area contributed by atoms with E-state index in [1.165, 1.54) is 22.5 Å². The number of hydrogen-bond donors (Lipinski definition) is 4. The second kappa shape index (κ2) is 13.3. The number of benzene rings is 3. The predicted molar refractivity (Wildman–Crippen MR) is 168 cm³/mol. The standard InChI is InChI=1S/C33H30F6N4O6S/c1-50(47,48)43-13-11-25(12-14-43)30(45,29(44)41-26-10-9-24(19-40)27(16-26)32(34,35)36)17-20-3-2-4-23(15-20)21-5-7-22(8-6-21)28-18-31(46,49-42-28)33(37,38)39/h2-10,15-16,18,25,42,45-46H,11-14,17H2,1H3,(H,41,44). The zero-order valence-corrected chi connectivity index (χ0v) is 27.0. The first-order valence-electron chi connectivity index (χ1n) is 15.0. The van der Waals surface area contributed by atoms with Gasteiger partial charge in [0, 0.05) is 31.3 Å². The fourth-order valence-corrected chi connectivity index (χ4v) is 6.83. The quantitative estimate of drug-likeness (QED) is 0.238. The average molecular weight is 725 g/mol. The maximum atomic E-state index is 13.8. The van der Waals surface area contributed by atoms with Crippen molar-refractivity contribution in [3.63, 3.8) is 0 Å². The molecule has 2 heterocycles. The zero-order valence-electron chi connectivity index (χ0n) is 26.1. The second-order valence-corrected chi connectivity index (χ2v) is 14.1. The van der Waals surface area contributed by atoms with E-state index in [0.29, 0.717) is 28.8 Å². The molecule has 5 rings (SSSR count). The summed E-state index contributed by atoms with van der Waals surface area (Å²) in [5.74, 6) is -5.34. The minimum atomic E-state index is -5.08.